The molecule has 0 saturated heterocycles. The first-order valence-corrected chi connectivity index (χ1v) is 7.34. The van der Waals surface area contributed by atoms with E-state index in [1.54, 1.807) is 16.2 Å². The second-order valence-corrected chi connectivity index (χ2v) is 5.96. The van der Waals surface area contributed by atoms with E-state index in [2.05, 4.69) is 11.4 Å². The summed E-state index contributed by atoms with van der Waals surface area (Å²) in [5, 5.41) is 21.1. The molecule has 1 aliphatic rings. The van der Waals surface area contributed by atoms with E-state index in [4.69, 9.17) is 0 Å². The van der Waals surface area contributed by atoms with Gasteiger partial charge in [-0.2, -0.15) is 0 Å². The van der Waals surface area contributed by atoms with Crippen LogP contribution in [0.1, 0.15) is 33.8 Å². The summed E-state index contributed by atoms with van der Waals surface area (Å²) in [5.41, 5.74) is 1.51. The normalized spacial score (nSPS) is 17.9. The van der Waals surface area contributed by atoms with Crippen molar-refractivity contribution < 1.29 is 15.0 Å². The first-order chi connectivity index (χ1) is 9.56. The number of phenols is 2. The molecule has 2 heterocycles. The smallest absolute Gasteiger partial charge is 0.254 e. The Morgan fingerprint density at radius 3 is 2.70 bits per heavy atom. The van der Waals surface area contributed by atoms with Crippen LogP contribution in [0, 0.1) is 0 Å². The van der Waals surface area contributed by atoms with Crippen LogP contribution in [0.4, 0.5) is 0 Å². The minimum atomic E-state index is -0.166. The summed E-state index contributed by atoms with van der Waals surface area (Å²) in [6.07, 6.45) is 0.855. The number of thiophene rings is 1. The van der Waals surface area contributed by atoms with Gasteiger partial charge in [0.25, 0.3) is 5.91 Å². The van der Waals surface area contributed by atoms with Crippen LogP contribution in [0.5, 0.6) is 11.5 Å². The predicted octanol–water partition coefficient (Wildman–Crippen LogP) is 2.92. The molecule has 0 saturated carbocycles. The third-order valence-electron chi connectivity index (χ3n) is 3.69. The molecule has 0 bridgehead atoms. The molecule has 1 atom stereocenters. The monoisotopic (exact) mass is 289 g/mol. The Hall–Kier alpha value is -2.01. The van der Waals surface area contributed by atoms with Crippen LogP contribution in [0.3, 0.4) is 0 Å². The van der Waals surface area contributed by atoms with Crippen molar-refractivity contribution in [1.82, 2.24) is 4.90 Å². The van der Waals surface area contributed by atoms with Gasteiger partial charge in [-0.15, -0.1) is 11.3 Å². The number of carbonyl (C=O) groups excluding carboxylic acids is 1. The second kappa shape index (κ2) is 4.83. The largest absolute Gasteiger partial charge is 0.508 e. The van der Waals surface area contributed by atoms with Gasteiger partial charge in [-0.1, -0.05) is 0 Å². The molecule has 1 aromatic carbocycles. The molecule has 0 radical (unpaired) electrons. The average Bonchev–Trinajstić information content (AvgIpc) is 2.86. The summed E-state index contributed by atoms with van der Waals surface area (Å²) < 4.78 is 0. The van der Waals surface area contributed by atoms with E-state index in [0.717, 1.165) is 6.42 Å². The van der Waals surface area contributed by atoms with Gasteiger partial charge in [0, 0.05) is 23.1 Å². The van der Waals surface area contributed by atoms with Gasteiger partial charge in [-0.25, -0.2) is 0 Å². The quantitative estimate of drug-likeness (QED) is 0.848. The number of hydrogen-bond donors (Lipinski definition) is 2. The Bertz CT molecular complexity index is 645. The van der Waals surface area contributed by atoms with Crippen molar-refractivity contribution in [3.8, 4) is 11.5 Å². The maximum Gasteiger partial charge on any atom is 0.254 e. The summed E-state index contributed by atoms with van der Waals surface area (Å²) in [5.74, 6) is -0.371. The van der Waals surface area contributed by atoms with Crippen LogP contribution in [0.15, 0.2) is 29.6 Å². The highest BCUT2D eigenvalue weighted by Gasteiger charge is 2.29. The van der Waals surface area contributed by atoms with Gasteiger partial charge in [0.15, 0.2) is 0 Å². The van der Waals surface area contributed by atoms with Gasteiger partial charge in [0.1, 0.15) is 11.5 Å². The number of rotatable bonds is 1. The van der Waals surface area contributed by atoms with Crippen LogP contribution in [-0.2, 0) is 6.42 Å². The van der Waals surface area contributed by atoms with Crippen molar-refractivity contribution in [2.45, 2.75) is 19.4 Å². The average molecular weight is 289 g/mol. The highest BCUT2D eigenvalue weighted by Crippen LogP contribution is 2.34. The van der Waals surface area contributed by atoms with Gasteiger partial charge >= 0.3 is 0 Å². The topological polar surface area (TPSA) is 60.8 Å². The summed E-state index contributed by atoms with van der Waals surface area (Å²) >= 11 is 1.73. The number of fused-ring (bicyclic) bond motifs is 1. The maximum atomic E-state index is 12.6. The summed E-state index contributed by atoms with van der Waals surface area (Å²) in [7, 11) is 0. The number of nitrogens with zero attached hydrogens (tertiary/aromatic N) is 1. The minimum Gasteiger partial charge on any atom is -0.508 e. The standard InChI is InChI=1S/C15H15NO3S/c1-9-13-3-5-20-14(13)2-4-16(9)15(19)10-6-11(17)8-12(18)7-10/h3,5-9,17-18H,2,4H2,1H3. The fourth-order valence-corrected chi connectivity index (χ4v) is 3.63. The van der Waals surface area contributed by atoms with Gasteiger partial charge in [-0.3, -0.25) is 4.79 Å². The van der Waals surface area contributed by atoms with Crippen molar-refractivity contribution in [3.05, 3.63) is 45.6 Å². The van der Waals surface area contributed by atoms with Crippen molar-refractivity contribution >= 4 is 17.2 Å². The molecule has 4 nitrogen and oxygen atoms in total. The lowest BCUT2D eigenvalue weighted by Crippen LogP contribution is -2.38. The van der Waals surface area contributed by atoms with Gasteiger partial charge in [-0.05, 0) is 42.5 Å². The van der Waals surface area contributed by atoms with Gasteiger partial charge < -0.3 is 15.1 Å². The molecular formula is C15H15NO3S. The number of benzene rings is 1. The molecule has 5 heteroatoms. The number of phenolic OH excluding ortho intramolecular Hbond substituents is 2. The molecule has 0 aliphatic carbocycles. The van der Waals surface area contributed by atoms with E-state index in [9.17, 15) is 15.0 Å². The summed E-state index contributed by atoms with van der Waals surface area (Å²) in [6, 6.07) is 6.06. The van der Waals surface area contributed by atoms with Crippen LogP contribution in [-0.4, -0.2) is 27.6 Å². The lowest BCUT2D eigenvalue weighted by Gasteiger charge is -2.33. The molecule has 3 rings (SSSR count). The molecule has 2 N–H and O–H groups in total. The molecule has 0 fully saturated rings. The highest BCUT2D eigenvalue weighted by atomic mass is 32.1. The zero-order chi connectivity index (χ0) is 14.3. The number of carbonyl (C=O) groups is 1. The van der Waals surface area contributed by atoms with Crippen LogP contribution < -0.4 is 0 Å². The lowest BCUT2D eigenvalue weighted by atomic mass is 10.00. The van der Waals surface area contributed by atoms with Crippen LogP contribution in [0.25, 0.3) is 0 Å². The summed E-state index contributed by atoms with van der Waals surface area (Å²) in [4.78, 5) is 15.7. The fraction of sp³-hybridized carbons (Fsp3) is 0.267. The minimum absolute atomic E-state index is 0.0157. The van der Waals surface area contributed by atoms with Gasteiger partial charge in [0.05, 0.1) is 6.04 Å². The van der Waals surface area contributed by atoms with Crippen molar-refractivity contribution in [2.75, 3.05) is 6.54 Å². The Labute approximate surface area is 120 Å². The van der Waals surface area contributed by atoms with Gasteiger partial charge in [0.2, 0.25) is 0 Å². The molecule has 1 unspecified atom stereocenters. The van der Waals surface area contributed by atoms with E-state index in [0.29, 0.717) is 12.1 Å². The molecule has 0 spiro atoms. The molecular weight excluding hydrogens is 274 g/mol. The Morgan fingerprint density at radius 1 is 1.30 bits per heavy atom. The summed E-state index contributed by atoms with van der Waals surface area (Å²) in [6.45, 7) is 2.66. The first kappa shape index (κ1) is 13.0. The van der Waals surface area contributed by atoms with E-state index in [1.165, 1.54) is 28.6 Å². The third kappa shape index (κ3) is 2.14. The number of hydrogen-bond acceptors (Lipinski definition) is 4. The molecule has 1 amide bonds. The highest BCUT2D eigenvalue weighted by molar-refractivity contribution is 7.10. The van der Waals surface area contributed by atoms with E-state index in [1.807, 2.05) is 6.92 Å². The van der Waals surface area contributed by atoms with E-state index >= 15 is 0 Å². The number of aromatic hydroxyl groups is 2. The van der Waals surface area contributed by atoms with Crippen molar-refractivity contribution in [2.24, 2.45) is 0 Å². The second-order valence-electron chi connectivity index (χ2n) is 4.96. The zero-order valence-electron chi connectivity index (χ0n) is 11.0. The molecule has 20 heavy (non-hydrogen) atoms. The lowest BCUT2D eigenvalue weighted by molar-refractivity contribution is 0.0678. The van der Waals surface area contributed by atoms with Crippen molar-refractivity contribution in [3.63, 3.8) is 0 Å². The Kier molecular flexibility index (Phi) is 3.14. The van der Waals surface area contributed by atoms with Crippen LogP contribution in [0.2, 0.25) is 0 Å². The molecule has 1 aliphatic heterocycles. The predicted molar refractivity (Wildman–Crippen MR) is 77.2 cm³/mol. The maximum absolute atomic E-state index is 12.6. The Balaban J connectivity index is 1.92. The zero-order valence-corrected chi connectivity index (χ0v) is 11.9. The Morgan fingerprint density at radius 2 is 2.00 bits per heavy atom. The van der Waals surface area contributed by atoms with E-state index < -0.39 is 0 Å². The molecule has 104 valence electrons. The molecule has 1 aromatic heterocycles. The van der Waals surface area contributed by atoms with Crippen LogP contribution >= 0.6 is 11.3 Å². The third-order valence-corrected chi connectivity index (χ3v) is 4.68. The molecule has 2 aromatic rings. The van der Waals surface area contributed by atoms with E-state index in [-0.39, 0.29) is 23.4 Å². The van der Waals surface area contributed by atoms with Crippen molar-refractivity contribution in [1.29, 1.82) is 0 Å². The number of amides is 1. The fourth-order valence-electron chi connectivity index (χ4n) is 2.67. The first-order valence-electron chi connectivity index (χ1n) is 6.46. The SMILES string of the molecule is CC1c2ccsc2CCN1C(=O)c1cc(O)cc(O)c1.